The van der Waals surface area contributed by atoms with Crippen LogP contribution in [0.4, 0.5) is 0 Å². The minimum atomic E-state index is -0.626. The van der Waals surface area contributed by atoms with Crippen molar-refractivity contribution >= 4 is 5.78 Å². The van der Waals surface area contributed by atoms with Gasteiger partial charge in [0.1, 0.15) is 5.78 Å². The Morgan fingerprint density at radius 3 is 2.50 bits per heavy atom. The first kappa shape index (κ1) is 31.5. The van der Waals surface area contributed by atoms with Gasteiger partial charge in [-0.3, -0.25) is 4.79 Å². The summed E-state index contributed by atoms with van der Waals surface area (Å²) in [4.78, 5) is 13.0. The van der Waals surface area contributed by atoms with Gasteiger partial charge in [-0.1, -0.05) is 95.8 Å². The van der Waals surface area contributed by atoms with Gasteiger partial charge in [0.05, 0.1) is 12.2 Å². The predicted octanol–water partition coefficient (Wildman–Crippen LogP) is 9.20. The fourth-order valence-corrected chi connectivity index (χ4v) is 8.51. The second kappa shape index (κ2) is 14.1. The van der Waals surface area contributed by atoms with E-state index in [-0.39, 0.29) is 5.41 Å². The first-order chi connectivity index (χ1) is 19.2. The van der Waals surface area contributed by atoms with Crippen LogP contribution in [0.1, 0.15) is 136 Å². The molecule has 2 N–H and O–H groups in total. The van der Waals surface area contributed by atoms with E-state index >= 15 is 0 Å². The summed E-state index contributed by atoms with van der Waals surface area (Å²) in [5.74, 6) is 2.36. The molecular formula is C37H58O3. The zero-order chi connectivity index (χ0) is 28.8. The molecule has 4 aliphatic carbocycles. The standard InChI is InChI=1S/C37H58O3/c1-5-6-7-8-9-10-11-16-35(40)37(23-24-37)22-12-14-27(2)32-19-20-33-29(15-13-21-36(32,33)4)17-18-30-25-31(38)26-34(39)28(30)3/h12,14,17-18,27,31-34,38-39H,3,5-11,13,15-16,19-26H2,1-2,4H3/b14-12+,29-17+,30-18-/t27-,31-,32-,33+,34+,36-/m1/s1. The van der Waals surface area contributed by atoms with Crippen LogP contribution < -0.4 is 0 Å². The Labute approximate surface area is 245 Å². The second-order valence-corrected chi connectivity index (χ2v) is 14.2. The largest absolute Gasteiger partial charge is 0.393 e. The molecule has 4 fully saturated rings. The predicted molar refractivity (Wildman–Crippen MR) is 167 cm³/mol. The number of Topliss-reactive ketones (excluding diaryl/α,β-unsaturated/α-hetero) is 1. The fourth-order valence-electron chi connectivity index (χ4n) is 8.51. The smallest absolute Gasteiger partial charge is 0.139 e. The molecule has 0 aliphatic heterocycles. The van der Waals surface area contributed by atoms with Gasteiger partial charge in [0.25, 0.3) is 0 Å². The van der Waals surface area contributed by atoms with Gasteiger partial charge in [0, 0.05) is 18.3 Å². The number of carbonyl (C=O) groups is 1. The van der Waals surface area contributed by atoms with E-state index in [1.165, 1.54) is 64.2 Å². The van der Waals surface area contributed by atoms with Gasteiger partial charge in [0.15, 0.2) is 0 Å². The SMILES string of the molecule is C=C1/C(=C\C=C2/CCC[C@]3(C)[C@@H]([C@H](C)/C=C/CC4(C(=O)CCCCCCCCC)CC4)CC[C@@H]23)C[C@@H](O)C[C@@H]1O. The lowest BCUT2D eigenvalue weighted by molar-refractivity contribution is -0.124. The lowest BCUT2D eigenvalue weighted by atomic mass is 9.61. The van der Waals surface area contributed by atoms with Gasteiger partial charge in [-0.05, 0) is 98.5 Å². The maximum absolute atomic E-state index is 13.0. The van der Waals surface area contributed by atoms with Gasteiger partial charge >= 0.3 is 0 Å². The van der Waals surface area contributed by atoms with E-state index in [4.69, 9.17) is 0 Å². The molecule has 0 amide bonds. The van der Waals surface area contributed by atoms with Crippen molar-refractivity contribution in [3.63, 3.8) is 0 Å². The molecule has 4 rings (SSSR count). The van der Waals surface area contributed by atoms with E-state index in [0.29, 0.717) is 41.8 Å². The Hall–Kier alpha value is -1.45. The number of ketones is 1. The highest BCUT2D eigenvalue weighted by Crippen LogP contribution is 2.60. The van der Waals surface area contributed by atoms with E-state index in [2.05, 4.69) is 51.7 Å². The van der Waals surface area contributed by atoms with Crippen LogP contribution in [0.5, 0.6) is 0 Å². The molecule has 0 aromatic carbocycles. The summed E-state index contributed by atoms with van der Waals surface area (Å²) in [5.41, 5.74) is 3.62. The number of rotatable bonds is 14. The third kappa shape index (κ3) is 7.49. The maximum atomic E-state index is 13.0. The van der Waals surface area contributed by atoms with Gasteiger partial charge in [0.2, 0.25) is 0 Å². The molecule has 0 unspecified atom stereocenters. The van der Waals surface area contributed by atoms with Crippen LogP contribution in [0.25, 0.3) is 0 Å². The monoisotopic (exact) mass is 550 g/mol. The van der Waals surface area contributed by atoms with Crippen LogP contribution in [0.15, 0.2) is 47.6 Å². The number of unbranched alkanes of at least 4 members (excludes halogenated alkanes) is 6. The molecule has 40 heavy (non-hydrogen) atoms. The van der Waals surface area contributed by atoms with Crippen molar-refractivity contribution in [3.05, 3.63) is 47.6 Å². The molecule has 3 heteroatoms. The van der Waals surface area contributed by atoms with Crippen molar-refractivity contribution in [1.82, 2.24) is 0 Å². The molecule has 6 atom stereocenters. The van der Waals surface area contributed by atoms with Gasteiger partial charge in [-0.15, -0.1) is 0 Å². The van der Waals surface area contributed by atoms with Crippen molar-refractivity contribution in [1.29, 1.82) is 0 Å². The Morgan fingerprint density at radius 2 is 1.77 bits per heavy atom. The molecule has 3 nitrogen and oxygen atoms in total. The number of aliphatic hydroxyl groups is 2. The van der Waals surface area contributed by atoms with E-state index in [9.17, 15) is 15.0 Å². The second-order valence-electron chi connectivity index (χ2n) is 14.2. The minimum absolute atomic E-state index is 0.0287. The average molecular weight is 551 g/mol. The molecule has 0 aromatic rings. The van der Waals surface area contributed by atoms with Crippen LogP contribution in [-0.4, -0.2) is 28.2 Å². The highest BCUT2D eigenvalue weighted by Gasteiger charge is 2.51. The maximum Gasteiger partial charge on any atom is 0.139 e. The van der Waals surface area contributed by atoms with E-state index in [0.717, 1.165) is 49.7 Å². The molecular weight excluding hydrogens is 492 g/mol. The van der Waals surface area contributed by atoms with E-state index < -0.39 is 12.2 Å². The lowest BCUT2D eigenvalue weighted by Gasteiger charge is -2.44. The molecule has 0 aromatic heterocycles. The third-order valence-corrected chi connectivity index (χ3v) is 11.3. The lowest BCUT2D eigenvalue weighted by Crippen LogP contribution is -2.35. The Balaban J connectivity index is 1.29. The molecule has 0 saturated heterocycles. The molecule has 0 bridgehead atoms. The third-order valence-electron chi connectivity index (χ3n) is 11.3. The zero-order valence-corrected chi connectivity index (χ0v) is 25.9. The first-order valence-corrected chi connectivity index (χ1v) is 16.8. The number of carbonyl (C=O) groups excluding carboxylic acids is 1. The van der Waals surface area contributed by atoms with Crippen LogP contribution >= 0.6 is 0 Å². The highest BCUT2D eigenvalue weighted by molar-refractivity contribution is 5.87. The molecule has 224 valence electrons. The van der Waals surface area contributed by atoms with Gasteiger partial charge in [-0.25, -0.2) is 0 Å². The summed E-state index contributed by atoms with van der Waals surface area (Å²) in [6.07, 6.45) is 28.2. The fraction of sp³-hybridized carbons (Fsp3) is 0.757. The van der Waals surface area contributed by atoms with E-state index in [1.54, 1.807) is 5.57 Å². The van der Waals surface area contributed by atoms with Crippen molar-refractivity contribution in [2.45, 2.75) is 149 Å². The Bertz CT molecular complexity index is 966. The number of aliphatic hydroxyl groups excluding tert-OH is 2. The summed E-state index contributed by atoms with van der Waals surface area (Å²) >= 11 is 0. The number of hydrogen-bond donors (Lipinski definition) is 2. The van der Waals surface area contributed by atoms with Crippen LogP contribution in [0.3, 0.4) is 0 Å². The van der Waals surface area contributed by atoms with Gasteiger partial charge in [-0.2, -0.15) is 0 Å². The summed E-state index contributed by atoms with van der Waals surface area (Å²) in [7, 11) is 0. The zero-order valence-electron chi connectivity index (χ0n) is 25.9. The minimum Gasteiger partial charge on any atom is -0.393 e. The Morgan fingerprint density at radius 1 is 1.05 bits per heavy atom. The number of hydrogen-bond acceptors (Lipinski definition) is 3. The topological polar surface area (TPSA) is 57.5 Å². The molecule has 4 saturated carbocycles. The average Bonchev–Trinajstić information content (AvgIpc) is 3.62. The summed E-state index contributed by atoms with van der Waals surface area (Å²) in [6, 6.07) is 0. The normalized spacial score (nSPS) is 34.5. The molecule has 0 spiro atoms. The summed E-state index contributed by atoms with van der Waals surface area (Å²) < 4.78 is 0. The van der Waals surface area contributed by atoms with Gasteiger partial charge < -0.3 is 10.2 Å². The van der Waals surface area contributed by atoms with E-state index in [1.807, 2.05) is 0 Å². The summed E-state index contributed by atoms with van der Waals surface area (Å²) in [5, 5.41) is 20.4. The number of fused-ring (bicyclic) bond motifs is 1. The van der Waals surface area contributed by atoms with Crippen molar-refractivity contribution in [3.8, 4) is 0 Å². The molecule has 0 heterocycles. The van der Waals surface area contributed by atoms with Crippen molar-refractivity contribution < 1.29 is 15.0 Å². The summed E-state index contributed by atoms with van der Waals surface area (Å²) in [6.45, 7) is 11.3. The Kier molecular flexibility index (Phi) is 11.1. The molecule has 0 radical (unpaired) electrons. The van der Waals surface area contributed by atoms with Crippen LogP contribution in [0, 0.1) is 28.6 Å². The quantitative estimate of drug-likeness (QED) is 0.167. The van der Waals surface area contributed by atoms with Crippen molar-refractivity contribution in [2.24, 2.45) is 28.6 Å². The first-order valence-electron chi connectivity index (χ1n) is 16.8. The van der Waals surface area contributed by atoms with Crippen LogP contribution in [-0.2, 0) is 4.79 Å². The van der Waals surface area contributed by atoms with Crippen LogP contribution in [0.2, 0.25) is 0 Å². The number of allylic oxidation sites excluding steroid dienone is 5. The molecule has 4 aliphatic rings. The van der Waals surface area contributed by atoms with Crippen molar-refractivity contribution in [2.75, 3.05) is 0 Å². The highest BCUT2D eigenvalue weighted by atomic mass is 16.3.